The number of amides is 1. The highest BCUT2D eigenvalue weighted by atomic mass is 16.6. The van der Waals surface area contributed by atoms with Crippen LogP contribution >= 0.6 is 0 Å². The van der Waals surface area contributed by atoms with Crippen LogP contribution < -0.4 is 10.1 Å². The number of hydrogen-bond acceptors (Lipinski definition) is 5. The molecule has 0 aliphatic rings. The molecule has 0 saturated heterocycles. The average Bonchev–Trinajstić information content (AvgIpc) is 2.66. The van der Waals surface area contributed by atoms with Crippen molar-refractivity contribution in [3.63, 3.8) is 0 Å². The fourth-order valence-electron chi connectivity index (χ4n) is 2.62. The summed E-state index contributed by atoms with van der Waals surface area (Å²) in [6.07, 6.45) is 1.30. The van der Waals surface area contributed by atoms with E-state index in [0.29, 0.717) is 0 Å². The molecule has 132 valence electrons. The minimum Gasteiger partial charge on any atom is -0.476 e. The van der Waals surface area contributed by atoms with Gasteiger partial charge in [-0.2, -0.15) is 0 Å². The van der Waals surface area contributed by atoms with E-state index < -0.39 is 10.7 Å². The van der Waals surface area contributed by atoms with Crippen LogP contribution in [0.1, 0.15) is 18.5 Å². The molecule has 1 aromatic heterocycles. The summed E-state index contributed by atoms with van der Waals surface area (Å²) in [5.74, 6) is -0.822. The van der Waals surface area contributed by atoms with Gasteiger partial charge in [0.1, 0.15) is 6.20 Å². The molecular formula is C19H17N3O4. The van der Waals surface area contributed by atoms with Crippen LogP contribution in [0, 0.1) is 10.1 Å². The number of fused-ring (bicyclic) bond motifs is 1. The topological polar surface area (TPSA) is 94.4 Å². The minimum atomic E-state index is -0.648. The summed E-state index contributed by atoms with van der Waals surface area (Å²) in [6.45, 7) is 1.54. The number of hydrogen-bond donors (Lipinski definition) is 1. The Kier molecular flexibility index (Phi) is 5.07. The van der Waals surface area contributed by atoms with Crippen LogP contribution in [0.2, 0.25) is 0 Å². The van der Waals surface area contributed by atoms with Crippen molar-refractivity contribution in [2.75, 3.05) is 6.61 Å². The van der Waals surface area contributed by atoms with E-state index in [-0.39, 0.29) is 24.3 Å². The molecule has 1 N–H and O–H groups in total. The number of carbonyl (C=O) groups excluding carboxylic acids is 1. The van der Waals surface area contributed by atoms with Crippen molar-refractivity contribution >= 4 is 22.5 Å². The third kappa shape index (κ3) is 3.94. The zero-order chi connectivity index (χ0) is 18.5. The van der Waals surface area contributed by atoms with Crippen molar-refractivity contribution in [2.24, 2.45) is 0 Å². The molecule has 0 radical (unpaired) electrons. The number of ether oxygens (including phenoxy) is 1. The van der Waals surface area contributed by atoms with Gasteiger partial charge in [0.25, 0.3) is 5.91 Å². The quantitative estimate of drug-likeness (QED) is 0.542. The van der Waals surface area contributed by atoms with Gasteiger partial charge >= 0.3 is 5.82 Å². The predicted molar refractivity (Wildman–Crippen MR) is 96.9 cm³/mol. The van der Waals surface area contributed by atoms with Crippen LogP contribution in [0.3, 0.4) is 0 Å². The molecule has 3 rings (SSSR count). The lowest BCUT2D eigenvalue weighted by molar-refractivity contribution is -0.390. The Morgan fingerprint density at radius 2 is 1.96 bits per heavy atom. The Hall–Kier alpha value is -3.48. The number of pyridine rings is 1. The molecule has 1 heterocycles. The zero-order valence-electron chi connectivity index (χ0n) is 14.1. The molecule has 26 heavy (non-hydrogen) atoms. The molecule has 0 aliphatic heterocycles. The first-order valence-electron chi connectivity index (χ1n) is 8.05. The summed E-state index contributed by atoms with van der Waals surface area (Å²) in [4.78, 5) is 26.0. The molecular weight excluding hydrogens is 334 g/mol. The Balaban J connectivity index is 1.63. The molecule has 7 heteroatoms. The molecule has 0 saturated carbocycles. The maximum atomic E-state index is 12.1. The van der Waals surface area contributed by atoms with Gasteiger partial charge in [0, 0.05) is 0 Å². The van der Waals surface area contributed by atoms with E-state index in [1.807, 2.05) is 49.4 Å². The van der Waals surface area contributed by atoms with Gasteiger partial charge in [-0.15, -0.1) is 0 Å². The molecule has 2 aromatic carbocycles. The lowest BCUT2D eigenvalue weighted by atomic mass is 10.0. The number of carbonyl (C=O) groups is 1. The van der Waals surface area contributed by atoms with Gasteiger partial charge in [-0.3, -0.25) is 4.79 Å². The number of aromatic nitrogens is 1. The normalized spacial score (nSPS) is 11.7. The number of nitrogens with one attached hydrogen (secondary N) is 1. The monoisotopic (exact) mass is 351 g/mol. The SMILES string of the molecule is CC(NC(=O)COc1cccnc1[N+](=O)[O-])c1ccc2ccccc2c1. The van der Waals surface area contributed by atoms with E-state index in [2.05, 4.69) is 10.3 Å². The Morgan fingerprint density at radius 3 is 2.73 bits per heavy atom. The minimum absolute atomic E-state index is 0.0361. The van der Waals surface area contributed by atoms with E-state index in [4.69, 9.17) is 4.74 Å². The van der Waals surface area contributed by atoms with Gasteiger partial charge in [-0.1, -0.05) is 36.4 Å². The molecule has 1 atom stereocenters. The van der Waals surface area contributed by atoms with E-state index >= 15 is 0 Å². The van der Waals surface area contributed by atoms with Crippen LogP contribution in [0.25, 0.3) is 10.8 Å². The van der Waals surface area contributed by atoms with Crippen LogP contribution in [-0.4, -0.2) is 22.4 Å². The molecule has 1 amide bonds. The Bertz CT molecular complexity index is 958. The Morgan fingerprint density at radius 1 is 1.19 bits per heavy atom. The molecule has 7 nitrogen and oxygen atoms in total. The van der Waals surface area contributed by atoms with Gasteiger partial charge in [0.2, 0.25) is 5.75 Å². The second kappa shape index (κ2) is 7.60. The molecule has 0 spiro atoms. The standard InChI is InChI=1S/C19H17N3O4/c1-13(15-9-8-14-5-2-3-6-16(14)11-15)21-18(23)12-26-17-7-4-10-20-19(17)22(24)25/h2-11,13H,12H2,1H3,(H,21,23). The predicted octanol–water partition coefficient (Wildman–Crippen LogP) is 3.40. The van der Waals surface area contributed by atoms with Crippen LogP contribution in [0.4, 0.5) is 5.82 Å². The first-order valence-corrected chi connectivity index (χ1v) is 8.05. The largest absolute Gasteiger partial charge is 0.476 e. The molecule has 0 bridgehead atoms. The summed E-state index contributed by atoms with van der Waals surface area (Å²) in [5.41, 5.74) is 0.962. The van der Waals surface area contributed by atoms with Crippen molar-refractivity contribution in [1.29, 1.82) is 0 Å². The zero-order valence-corrected chi connectivity index (χ0v) is 14.1. The highest BCUT2D eigenvalue weighted by molar-refractivity contribution is 5.83. The molecule has 0 aliphatic carbocycles. The molecule has 3 aromatic rings. The van der Waals surface area contributed by atoms with Crippen LogP contribution in [0.5, 0.6) is 5.75 Å². The van der Waals surface area contributed by atoms with E-state index in [0.717, 1.165) is 16.3 Å². The van der Waals surface area contributed by atoms with E-state index in [9.17, 15) is 14.9 Å². The maximum absolute atomic E-state index is 12.1. The summed E-state index contributed by atoms with van der Waals surface area (Å²) < 4.78 is 5.25. The maximum Gasteiger partial charge on any atom is 0.406 e. The highest BCUT2D eigenvalue weighted by Gasteiger charge is 2.17. The third-order valence-corrected chi connectivity index (χ3v) is 3.93. The fraction of sp³-hybridized carbons (Fsp3) is 0.158. The summed E-state index contributed by atoms with van der Waals surface area (Å²) in [7, 11) is 0. The summed E-state index contributed by atoms with van der Waals surface area (Å²) >= 11 is 0. The van der Waals surface area contributed by atoms with Crippen molar-refractivity contribution < 1.29 is 14.5 Å². The molecule has 1 unspecified atom stereocenters. The first kappa shape index (κ1) is 17.3. The van der Waals surface area contributed by atoms with Gasteiger partial charge in [0.05, 0.1) is 6.04 Å². The molecule has 0 fully saturated rings. The number of rotatable bonds is 6. The van der Waals surface area contributed by atoms with Gasteiger partial charge in [0.15, 0.2) is 6.61 Å². The average molecular weight is 351 g/mol. The second-order valence-electron chi connectivity index (χ2n) is 5.77. The number of nitrogens with zero attached hydrogens (tertiary/aromatic N) is 2. The third-order valence-electron chi connectivity index (χ3n) is 3.93. The van der Waals surface area contributed by atoms with E-state index in [1.54, 1.807) is 0 Å². The summed E-state index contributed by atoms with van der Waals surface area (Å²) in [6, 6.07) is 16.7. The smallest absolute Gasteiger partial charge is 0.406 e. The van der Waals surface area contributed by atoms with Crippen molar-refractivity contribution in [2.45, 2.75) is 13.0 Å². The van der Waals surface area contributed by atoms with Gasteiger partial charge in [-0.25, -0.2) is 0 Å². The van der Waals surface area contributed by atoms with Crippen LogP contribution in [0.15, 0.2) is 60.8 Å². The fourth-order valence-corrected chi connectivity index (χ4v) is 2.62. The second-order valence-corrected chi connectivity index (χ2v) is 5.77. The van der Waals surface area contributed by atoms with Crippen molar-refractivity contribution in [3.05, 3.63) is 76.5 Å². The van der Waals surface area contributed by atoms with Crippen molar-refractivity contribution in [3.8, 4) is 5.75 Å². The number of nitro groups is 1. The van der Waals surface area contributed by atoms with Gasteiger partial charge in [-0.05, 0) is 51.4 Å². The number of benzene rings is 2. The Labute approximate surface area is 149 Å². The van der Waals surface area contributed by atoms with E-state index in [1.165, 1.54) is 18.3 Å². The van der Waals surface area contributed by atoms with Gasteiger partial charge < -0.3 is 20.2 Å². The highest BCUT2D eigenvalue weighted by Crippen LogP contribution is 2.23. The first-order chi connectivity index (χ1) is 12.5. The summed E-state index contributed by atoms with van der Waals surface area (Å²) in [5, 5.41) is 15.9. The van der Waals surface area contributed by atoms with Crippen molar-refractivity contribution in [1.82, 2.24) is 10.3 Å². The lowest BCUT2D eigenvalue weighted by Gasteiger charge is -2.15. The lowest BCUT2D eigenvalue weighted by Crippen LogP contribution is -2.31. The van der Waals surface area contributed by atoms with Crippen LogP contribution in [-0.2, 0) is 4.79 Å².